The lowest BCUT2D eigenvalue weighted by Gasteiger charge is -2.10. The molecule has 2 N–H and O–H groups in total. The van der Waals surface area contributed by atoms with Gasteiger partial charge in [0, 0.05) is 17.5 Å². The molecule has 0 fully saturated rings. The van der Waals surface area contributed by atoms with Crippen molar-refractivity contribution in [1.82, 2.24) is 9.97 Å². The second kappa shape index (κ2) is 6.41. The summed E-state index contributed by atoms with van der Waals surface area (Å²) in [5, 5.41) is 13.1. The van der Waals surface area contributed by atoms with Gasteiger partial charge in [0.05, 0.1) is 19.2 Å². The van der Waals surface area contributed by atoms with Gasteiger partial charge in [0.1, 0.15) is 11.6 Å². The number of para-hydroxylation sites is 1. The fraction of sp³-hybridized carbons (Fsp3) is 0.176. The smallest absolute Gasteiger partial charge is 0.162 e. The lowest BCUT2D eigenvalue weighted by atomic mass is 10.1. The van der Waals surface area contributed by atoms with Crippen LogP contribution in [0.4, 0.5) is 5.82 Å². The minimum atomic E-state index is 0.0518. The summed E-state index contributed by atoms with van der Waals surface area (Å²) < 4.78 is 5.17. The van der Waals surface area contributed by atoms with Crippen LogP contribution in [0.15, 0.2) is 48.5 Å². The molecule has 22 heavy (non-hydrogen) atoms. The van der Waals surface area contributed by atoms with E-state index in [4.69, 9.17) is 9.84 Å². The number of rotatable bonds is 5. The third-order valence-corrected chi connectivity index (χ3v) is 3.36. The molecule has 0 aliphatic carbocycles. The molecule has 0 bridgehead atoms. The number of fused-ring (bicyclic) bond motifs is 1. The van der Waals surface area contributed by atoms with E-state index in [1.165, 1.54) is 0 Å². The highest BCUT2D eigenvalue weighted by Gasteiger charge is 2.09. The molecule has 5 heteroatoms. The van der Waals surface area contributed by atoms with E-state index < -0.39 is 0 Å². The molecule has 0 saturated heterocycles. The van der Waals surface area contributed by atoms with Gasteiger partial charge in [-0.2, -0.15) is 0 Å². The van der Waals surface area contributed by atoms with E-state index in [9.17, 15) is 0 Å². The second-order valence-electron chi connectivity index (χ2n) is 4.79. The van der Waals surface area contributed by atoms with Crippen molar-refractivity contribution in [3.05, 3.63) is 48.5 Å². The summed E-state index contributed by atoms with van der Waals surface area (Å²) in [6, 6.07) is 15.4. The number of nitrogens with zero attached hydrogens (tertiary/aromatic N) is 2. The largest absolute Gasteiger partial charge is 0.497 e. The molecule has 0 unspecified atom stereocenters. The van der Waals surface area contributed by atoms with Crippen molar-refractivity contribution in [2.75, 3.05) is 25.6 Å². The number of aromatic nitrogens is 2. The van der Waals surface area contributed by atoms with Gasteiger partial charge in [-0.1, -0.05) is 12.1 Å². The summed E-state index contributed by atoms with van der Waals surface area (Å²) in [6.45, 7) is 0.499. The SMILES string of the molecule is COc1ccc(-c2nc(NCCO)c3ccccc3n2)cc1. The summed E-state index contributed by atoms with van der Waals surface area (Å²) in [6.07, 6.45) is 0. The van der Waals surface area contributed by atoms with Crippen LogP contribution >= 0.6 is 0 Å². The lowest BCUT2D eigenvalue weighted by Crippen LogP contribution is -2.08. The Balaban J connectivity index is 2.08. The molecule has 3 aromatic rings. The highest BCUT2D eigenvalue weighted by Crippen LogP contribution is 2.25. The Morgan fingerprint density at radius 3 is 2.55 bits per heavy atom. The number of nitrogens with one attached hydrogen (secondary N) is 1. The Bertz CT molecular complexity index is 772. The predicted molar refractivity (Wildman–Crippen MR) is 87.1 cm³/mol. The molecule has 1 heterocycles. The van der Waals surface area contributed by atoms with E-state index in [-0.39, 0.29) is 6.61 Å². The van der Waals surface area contributed by atoms with Gasteiger partial charge in [0.15, 0.2) is 5.82 Å². The molecule has 0 saturated carbocycles. The molecule has 112 valence electrons. The van der Waals surface area contributed by atoms with E-state index in [2.05, 4.69) is 15.3 Å². The molecule has 0 aliphatic rings. The minimum absolute atomic E-state index is 0.0518. The zero-order valence-corrected chi connectivity index (χ0v) is 12.3. The Morgan fingerprint density at radius 1 is 1.05 bits per heavy atom. The highest BCUT2D eigenvalue weighted by atomic mass is 16.5. The maximum Gasteiger partial charge on any atom is 0.162 e. The predicted octanol–water partition coefficient (Wildman–Crippen LogP) is 2.71. The topological polar surface area (TPSA) is 67.3 Å². The minimum Gasteiger partial charge on any atom is -0.497 e. The first-order valence-corrected chi connectivity index (χ1v) is 7.08. The van der Waals surface area contributed by atoms with Crippen molar-refractivity contribution in [3.63, 3.8) is 0 Å². The van der Waals surface area contributed by atoms with Crippen LogP contribution in [0.5, 0.6) is 5.75 Å². The number of methoxy groups -OCH3 is 1. The number of anilines is 1. The average Bonchev–Trinajstić information content (AvgIpc) is 2.59. The van der Waals surface area contributed by atoms with Crippen LogP contribution in [-0.2, 0) is 0 Å². The summed E-state index contributed by atoms with van der Waals surface area (Å²) in [4.78, 5) is 9.21. The van der Waals surface area contributed by atoms with Gasteiger partial charge in [0.2, 0.25) is 0 Å². The standard InChI is InChI=1S/C17H17N3O2/c1-22-13-8-6-12(7-9-13)16-19-15-5-3-2-4-14(15)17(20-16)18-10-11-21/h2-9,21H,10-11H2,1H3,(H,18,19,20). The normalized spacial score (nSPS) is 10.6. The lowest BCUT2D eigenvalue weighted by molar-refractivity contribution is 0.311. The Kier molecular flexibility index (Phi) is 4.16. The molecule has 0 amide bonds. The van der Waals surface area contributed by atoms with Crippen LogP contribution < -0.4 is 10.1 Å². The van der Waals surface area contributed by atoms with Crippen LogP contribution in [0.3, 0.4) is 0 Å². The number of ether oxygens (including phenoxy) is 1. The first-order valence-electron chi connectivity index (χ1n) is 7.08. The number of aliphatic hydroxyl groups excluding tert-OH is 1. The van der Waals surface area contributed by atoms with Gasteiger partial charge >= 0.3 is 0 Å². The maximum atomic E-state index is 9.02. The first-order chi connectivity index (χ1) is 10.8. The third-order valence-electron chi connectivity index (χ3n) is 3.36. The number of benzene rings is 2. The van der Waals surface area contributed by atoms with Gasteiger partial charge in [-0.05, 0) is 36.4 Å². The van der Waals surface area contributed by atoms with E-state index >= 15 is 0 Å². The number of hydrogen-bond acceptors (Lipinski definition) is 5. The van der Waals surface area contributed by atoms with Crippen LogP contribution in [0.2, 0.25) is 0 Å². The van der Waals surface area contributed by atoms with E-state index in [1.54, 1.807) is 7.11 Å². The van der Waals surface area contributed by atoms with E-state index in [1.807, 2.05) is 48.5 Å². The highest BCUT2D eigenvalue weighted by molar-refractivity contribution is 5.90. The van der Waals surface area contributed by atoms with E-state index in [0.717, 1.165) is 28.0 Å². The van der Waals surface area contributed by atoms with Gasteiger partial charge in [0.25, 0.3) is 0 Å². The summed E-state index contributed by atoms with van der Waals surface area (Å²) >= 11 is 0. The molecular weight excluding hydrogens is 278 g/mol. The average molecular weight is 295 g/mol. The Labute approximate surface area is 128 Å². The van der Waals surface area contributed by atoms with Crippen LogP contribution in [0.25, 0.3) is 22.3 Å². The fourth-order valence-electron chi connectivity index (χ4n) is 2.25. The Hall–Kier alpha value is -2.66. The first kappa shape index (κ1) is 14.3. The van der Waals surface area contributed by atoms with Gasteiger partial charge < -0.3 is 15.2 Å². The van der Waals surface area contributed by atoms with Crippen molar-refractivity contribution in [2.45, 2.75) is 0 Å². The molecule has 0 spiro atoms. The van der Waals surface area contributed by atoms with Crippen molar-refractivity contribution in [2.24, 2.45) is 0 Å². The van der Waals surface area contributed by atoms with Gasteiger partial charge in [-0.15, -0.1) is 0 Å². The van der Waals surface area contributed by atoms with Gasteiger partial charge in [-0.3, -0.25) is 0 Å². The molecule has 0 atom stereocenters. The summed E-state index contributed by atoms with van der Waals surface area (Å²) in [5.74, 6) is 2.16. The molecule has 3 rings (SSSR count). The molecule has 1 aromatic heterocycles. The van der Waals surface area contributed by atoms with Crippen LogP contribution in [0, 0.1) is 0 Å². The molecule has 0 radical (unpaired) electrons. The van der Waals surface area contributed by atoms with Crippen molar-refractivity contribution >= 4 is 16.7 Å². The third kappa shape index (κ3) is 2.84. The van der Waals surface area contributed by atoms with Crippen molar-refractivity contribution in [3.8, 4) is 17.1 Å². The second-order valence-corrected chi connectivity index (χ2v) is 4.79. The van der Waals surface area contributed by atoms with Crippen LogP contribution in [-0.4, -0.2) is 35.3 Å². The zero-order chi connectivity index (χ0) is 15.4. The fourth-order valence-corrected chi connectivity index (χ4v) is 2.25. The van der Waals surface area contributed by atoms with Crippen LogP contribution in [0.1, 0.15) is 0 Å². The Morgan fingerprint density at radius 2 is 1.82 bits per heavy atom. The number of aliphatic hydroxyl groups is 1. The summed E-state index contributed by atoms with van der Waals surface area (Å²) in [5.41, 5.74) is 1.78. The molecule has 0 aliphatic heterocycles. The zero-order valence-electron chi connectivity index (χ0n) is 12.3. The quantitative estimate of drug-likeness (QED) is 0.757. The maximum absolute atomic E-state index is 9.02. The van der Waals surface area contributed by atoms with Crippen molar-refractivity contribution < 1.29 is 9.84 Å². The van der Waals surface area contributed by atoms with E-state index in [0.29, 0.717) is 12.4 Å². The summed E-state index contributed by atoms with van der Waals surface area (Å²) in [7, 11) is 1.64. The van der Waals surface area contributed by atoms with Crippen molar-refractivity contribution in [1.29, 1.82) is 0 Å². The monoisotopic (exact) mass is 295 g/mol. The number of hydrogen-bond donors (Lipinski definition) is 2. The van der Waals surface area contributed by atoms with Gasteiger partial charge in [-0.25, -0.2) is 9.97 Å². The molecule has 5 nitrogen and oxygen atoms in total. The molecule has 2 aromatic carbocycles. The molecular formula is C17H17N3O2.